The second-order valence-corrected chi connectivity index (χ2v) is 4.44. The van der Waals surface area contributed by atoms with E-state index in [0.717, 1.165) is 19.5 Å². The highest BCUT2D eigenvalue weighted by molar-refractivity contribution is 4.85. The predicted molar refractivity (Wildman–Crippen MR) is 50.2 cm³/mol. The van der Waals surface area contributed by atoms with Crippen LogP contribution in [0, 0.1) is 0 Å². The Morgan fingerprint density at radius 3 is 2.58 bits per heavy atom. The summed E-state index contributed by atoms with van der Waals surface area (Å²) in [7, 11) is 0. The van der Waals surface area contributed by atoms with Crippen LogP contribution < -0.4 is 10.6 Å². The molecule has 0 aromatic rings. The minimum atomic E-state index is -0.559. The summed E-state index contributed by atoms with van der Waals surface area (Å²) in [6, 6.07) is 0.930. The topological polar surface area (TPSA) is 44.3 Å². The Morgan fingerprint density at radius 2 is 2.08 bits per heavy atom. The fourth-order valence-corrected chi connectivity index (χ4v) is 1.73. The lowest BCUT2D eigenvalue weighted by molar-refractivity contribution is 0.0551. The molecule has 0 aliphatic carbocycles. The Balaban J connectivity index is 2.32. The first kappa shape index (κ1) is 9.96. The number of hydrogen-bond donors (Lipinski definition) is 3. The zero-order chi connectivity index (χ0) is 9.19. The molecule has 0 aromatic heterocycles. The lowest BCUT2D eigenvalue weighted by Crippen LogP contribution is -2.55. The largest absolute Gasteiger partial charge is 0.390 e. The highest BCUT2D eigenvalue weighted by Crippen LogP contribution is 2.12. The molecule has 0 aromatic carbocycles. The molecule has 0 spiro atoms. The first-order chi connectivity index (χ1) is 5.47. The minimum Gasteiger partial charge on any atom is -0.390 e. The van der Waals surface area contributed by atoms with E-state index < -0.39 is 5.60 Å². The number of rotatable bonds is 2. The molecule has 1 rings (SSSR count). The third-order valence-electron chi connectivity index (χ3n) is 2.11. The Kier molecular flexibility index (Phi) is 3.09. The van der Waals surface area contributed by atoms with Gasteiger partial charge in [0.2, 0.25) is 0 Å². The van der Waals surface area contributed by atoms with Crippen molar-refractivity contribution in [2.75, 3.05) is 13.1 Å². The van der Waals surface area contributed by atoms with Gasteiger partial charge in [-0.25, -0.2) is 0 Å². The number of hydrogen-bond acceptors (Lipinski definition) is 3. The molecule has 1 aliphatic heterocycles. The maximum atomic E-state index is 9.59. The lowest BCUT2D eigenvalue weighted by Gasteiger charge is -2.33. The van der Waals surface area contributed by atoms with Crippen molar-refractivity contribution in [2.45, 2.75) is 44.9 Å². The minimum absolute atomic E-state index is 0.411. The van der Waals surface area contributed by atoms with Crippen LogP contribution in [-0.4, -0.2) is 35.9 Å². The molecule has 0 radical (unpaired) electrons. The van der Waals surface area contributed by atoms with Crippen molar-refractivity contribution in [2.24, 2.45) is 0 Å². The molecule has 12 heavy (non-hydrogen) atoms. The summed E-state index contributed by atoms with van der Waals surface area (Å²) >= 11 is 0. The van der Waals surface area contributed by atoms with Crippen LogP contribution in [0.5, 0.6) is 0 Å². The van der Waals surface area contributed by atoms with Gasteiger partial charge in [0.05, 0.1) is 5.60 Å². The van der Waals surface area contributed by atoms with Crippen LogP contribution in [0.15, 0.2) is 0 Å². The molecule has 3 N–H and O–H groups in total. The van der Waals surface area contributed by atoms with Crippen LogP contribution >= 0.6 is 0 Å². The molecule has 3 heteroatoms. The molecule has 72 valence electrons. The first-order valence-corrected chi connectivity index (χ1v) is 4.66. The normalized spacial score (nSPS) is 32.0. The highest BCUT2D eigenvalue weighted by atomic mass is 16.3. The zero-order valence-electron chi connectivity index (χ0n) is 8.22. The van der Waals surface area contributed by atoms with Gasteiger partial charge in [-0.05, 0) is 27.2 Å². The molecule has 1 saturated heterocycles. The number of piperazine rings is 1. The second-order valence-electron chi connectivity index (χ2n) is 4.44. The van der Waals surface area contributed by atoms with Crippen molar-refractivity contribution in [1.29, 1.82) is 0 Å². The fraction of sp³-hybridized carbons (Fsp3) is 1.00. The molecular weight excluding hydrogens is 152 g/mol. The van der Waals surface area contributed by atoms with E-state index in [2.05, 4.69) is 17.6 Å². The molecule has 1 heterocycles. The summed E-state index contributed by atoms with van der Waals surface area (Å²) < 4.78 is 0. The smallest absolute Gasteiger partial charge is 0.0607 e. The van der Waals surface area contributed by atoms with E-state index in [0.29, 0.717) is 12.1 Å². The summed E-state index contributed by atoms with van der Waals surface area (Å²) in [5, 5.41) is 16.4. The van der Waals surface area contributed by atoms with Crippen molar-refractivity contribution in [3.8, 4) is 0 Å². The van der Waals surface area contributed by atoms with E-state index in [9.17, 15) is 5.11 Å². The van der Waals surface area contributed by atoms with Gasteiger partial charge in [-0.2, -0.15) is 0 Å². The van der Waals surface area contributed by atoms with Crippen LogP contribution in [-0.2, 0) is 0 Å². The highest BCUT2D eigenvalue weighted by Gasteiger charge is 2.23. The van der Waals surface area contributed by atoms with Gasteiger partial charge in [0, 0.05) is 25.2 Å². The summed E-state index contributed by atoms with van der Waals surface area (Å²) in [4.78, 5) is 0. The van der Waals surface area contributed by atoms with E-state index in [1.165, 1.54) is 0 Å². The van der Waals surface area contributed by atoms with E-state index >= 15 is 0 Å². The average molecular weight is 172 g/mol. The van der Waals surface area contributed by atoms with Crippen LogP contribution in [0.2, 0.25) is 0 Å². The molecule has 1 aliphatic rings. The summed E-state index contributed by atoms with van der Waals surface area (Å²) in [6.45, 7) is 7.86. The third kappa shape index (κ3) is 3.52. The van der Waals surface area contributed by atoms with Crippen molar-refractivity contribution < 1.29 is 5.11 Å². The van der Waals surface area contributed by atoms with Gasteiger partial charge in [-0.3, -0.25) is 0 Å². The molecule has 1 fully saturated rings. The molecular formula is C9H20N2O. The van der Waals surface area contributed by atoms with Gasteiger partial charge >= 0.3 is 0 Å². The quantitative estimate of drug-likeness (QED) is 0.553. The van der Waals surface area contributed by atoms with Gasteiger partial charge in [0.25, 0.3) is 0 Å². The Labute approximate surface area is 74.5 Å². The monoisotopic (exact) mass is 172 g/mol. The Hall–Kier alpha value is -0.120. The fourth-order valence-electron chi connectivity index (χ4n) is 1.73. The standard InChI is InChI=1S/C9H20N2O/c1-7-5-10-6-8(11-7)4-9(2,3)12/h7-8,10-12H,4-6H2,1-3H3. The van der Waals surface area contributed by atoms with Gasteiger partial charge < -0.3 is 15.7 Å². The molecule has 0 amide bonds. The van der Waals surface area contributed by atoms with Crippen molar-refractivity contribution in [3.05, 3.63) is 0 Å². The molecule has 2 atom stereocenters. The Bertz CT molecular complexity index is 142. The molecule has 0 saturated carbocycles. The van der Waals surface area contributed by atoms with Crippen molar-refractivity contribution in [1.82, 2.24) is 10.6 Å². The van der Waals surface area contributed by atoms with Crippen molar-refractivity contribution in [3.63, 3.8) is 0 Å². The second kappa shape index (κ2) is 3.73. The number of aliphatic hydroxyl groups is 1. The first-order valence-electron chi connectivity index (χ1n) is 4.66. The lowest BCUT2D eigenvalue weighted by atomic mass is 9.97. The SMILES string of the molecule is CC1CNCC(CC(C)(C)O)N1. The maximum Gasteiger partial charge on any atom is 0.0607 e. The maximum absolute atomic E-state index is 9.59. The average Bonchev–Trinajstić information content (AvgIpc) is 1.82. The van der Waals surface area contributed by atoms with Gasteiger partial charge in [-0.15, -0.1) is 0 Å². The van der Waals surface area contributed by atoms with Gasteiger partial charge in [-0.1, -0.05) is 0 Å². The van der Waals surface area contributed by atoms with Crippen molar-refractivity contribution >= 4 is 0 Å². The molecule has 3 nitrogen and oxygen atoms in total. The summed E-state index contributed by atoms with van der Waals surface area (Å²) in [5.41, 5.74) is -0.559. The van der Waals surface area contributed by atoms with Crippen LogP contribution in [0.3, 0.4) is 0 Å². The Morgan fingerprint density at radius 1 is 1.42 bits per heavy atom. The number of nitrogens with one attached hydrogen (secondary N) is 2. The van der Waals surface area contributed by atoms with Gasteiger partial charge in [0.15, 0.2) is 0 Å². The van der Waals surface area contributed by atoms with E-state index in [1.54, 1.807) is 0 Å². The van der Waals surface area contributed by atoms with Gasteiger partial charge in [0.1, 0.15) is 0 Å². The van der Waals surface area contributed by atoms with Crippen LogP contribution in [0.4, 0.5) is 0 Å². The van der Waals surface area contributed by atoms with E-state index in [4.69, 9.17) is 0 Å². The van der Waals surface area contributed by atoms with E-state index in [1.807, 2.05) is 13.8 Å². The molecule has 0 bridgehead atoms. The molecule has 2 unspecified atom stereocenters. The van der Waals surface area contributed by atoms with Crippen LogP contribution in [0.1, 0.15) is 27.2 Å². The summed E-state index contributed by atoms with van der Waals surface area (Å²) in [5.74, 6) is 0. The third-order valence-corrected chi connectivity index (χ3v) is 2.11. The summed E-state index contributed by atoms with van der Waals surface area (Å²) in [6.07, 6.45) is 0.810. The van der Waals surface area contributed by atoms with Crippen LogP contribution in [0.25, 0.3) is 0 Å². The van der Waals surface area contributed by atoms with E-state index in [-0.39, 0.29) is 0 Å². The zero-order valence-corrected chi connectivity index (χ0v) is 8.22. The predicted octanol–water partition coefficient (Wildman–Crippen LogP) is 0.0973.